The van der Waals surface area contributed by atoms with Crippen LogP contribution in [0.15, 0.2) is 46.5 Å². The molecule has 1 aromatic carbocycles. The number of allylic oxidation sites excluding steroid dienone is 1. The fraction of sp³-hybridized carbons (Fsp3) is 0.167. The number of nitrogens with zero attached hydrogens (tertiary/aromatic N) is 2. The van der Waals surface area contributed by atoms with Crippen LogP contribution in [-0.4, -0.2) is 12.6 Å². The maximum absolute atomic E-state index is 12.3. The third-order valence-corrected chi connectivity index (χ3v) is 1.97. The van der Waals surface area contributed by atoms with Crippen molar-refractivity contribution in [2.45, 2.75) is 13.1 Å². The zero-order valence-corrected chi connectivity index (χ0v) is 9.20. The third kappa shape index (κ3) is 3.55. The minimum Gasteiger partial charge on any atom is -0.245 e. The molecular formula is C12H11F3N2. The molecule has 0 aliphatic carbocycles. The molecule has 0 saturated carbocycles. The molecule has 1 aromatic rings. The highest BCUT2D eigenvalue weighted by Gasteiger charge is 2.30. The predicted octanol–water partition coefficient (Wildman–Crippen LogP) is 3.69. The standard InChI is InChI=1S/C12H11F3N2/c1-3-8-17-11(16-2)9-4-6-10(7-5-9)12(13,14)15/h3-8H,2H2,1H3/b8-3-,17-11?. The Morgan fingerprint density at radius 3 is 2.24 bits per heavy atom. The number of hydrogen-bond acceptors (Lipinski definition) is 1. The molecule has 0 amide bonds. The monoisotopic (exact) mass is 240 g/mol. The molecule has 0 spiro atoms. The largest absolute Gasteiger partial charge is 0.416 e. The molecule has 0 aromatic heterocycles. The predicted molar refractivity (Wildman–Crippen MR) is 62.3 cm³/mol. The molecule has 0 bridgehead atoms. The zero-order valence-electron chi connectivity index (χ0n) is 9.20. The van der Waals surface area contributed by atoms with Gasteiger partial charge in [0, 0.05) is 11.8 Å². The van der Waals surface area contributed by atoms with E-state index in [0.717, 1.165) is 12.1 Å². The van der Waals surface area contributed by atoms with Crippen molar-refractivity contribution in [1.29, 1.82) is 0 Å². The fourth-order valence-electron chi connectivity index (χ4n) is 1.16. The van der Waals surface area contributed by atoms with Crippen LogP contribution in [0.1, 0.15) is 18.1 Å². The Labute approximate surface area is 97.2 Å². The van der Waals surface area contributed by atoms with E-state index < -0.39 is 11.7 Å². The van der Waals surface area contributed by atoms with E-state index in [1.54, 1.807) is 13.0 Å². The van der Waals surface area contributed by atoms with Gasteiger partial charge in [0.25, 0.3) is 0 Å². The highest BCUT2D eigenvalue weighted by atomic mass is 19.4. The first-order valence-electron chi connectivity index (χ1n) is 4.82. The smallest absolute Gasteiger partial charge is 0.245 e. The van der Waals surface area contributed by atoms with Gasteiger partial charge in [0.2, 0.25) is 0 Å². The van der Waals surface area contributed by atoms with Crippen molar-refractivity contribution in [2.75, 3.05) is 0 Å². The Morgan fingerprint density at radius 1 is 1.24 bits per heavy atom. The quantitative estimate of drug-likeness (QED) is 0.556. The lowest BCUT2D eigenvalue weighted by Crippen LogP contribution is -2.05. The maximum atomic E-state index is 12.3. The van der Waals surface area contributed by atoms with Crippen LogP contribution < -0.4 is 0 Å². The molecule has 1 rings (SSSR count). The van der Waals surface area contributed by atoms with Gasteiger partial charge >= 0.3 is 6.18 Å². The minimum absolute atomic E-state index is 0.289. The number of alkyl halides is 3. The highest BCUT2D eigenvalue weighted by Crippen LogP contribution is 2.29. The number of hydrogen-bond donors (Lipinski definition) is 0. The van der Waals surface area contributed by atoms with Gasteiger partial charge in [0.15, 0.2) is 5.84 Å². The summed E-state index contributed by atoms with van der Waals surface area (Å²) < 4.78 is 37.0. The number of rotatable bonds is 2. The molecule has 0 unspecified atom stereocenters. The zero-order chi connectivity index (χ0) is 12.9. The minimum atomic E-state index is -4.33. The van der Waals surface area contributed by atoms with Gasteiger partial charge in [0.1, 0.15) is 0 Å². The van der Waals surface area contributed by atoms with E-state index in [1.807, 2.05) is 0 Å². The van der Waals surface area contributed by atoms with E-state index in [9.17, 15) is 13.2 Å². The van der Waals surface area contributed by atoms with Crippen LogP contribution in [0.4, 0.5) is 13.2 Å². The van der Waals surface area contributed by atoms with Crippen LogP contribution in [-0.2, 0) is 6.18 Å². The summed E-state index contributed by atoms with van der Waals surface area (Å²) >= 11 is 0. The van der Waals surface area contributed by atoms with Gasteiger partial charge in [0.05, 0.1) is 5.56 Å². The van der Waals surface area contributed by atoms with Crippen molar-refractivity contribution in [3.8, 4) is 0 Å². The van der Waals surface area contributed by atoms with E-state index in [4.69, 9.17) is 0 Å². The SMILES string of the molecule is C=NC(=N/C=C\C)c1ccc(C(F)(F)F)cc1. The van der Waals surface area contributed by atoms with Crippen LogP contribution in [0.3, 0.4) is 0 Å². The van der Waals surface area contributed by atoms with Gasteiger partial charge in [-0.05, 0) is 25.8 Å². The second-order valence-corrected chi connectivity index (χ2v) is 3.17. The summed E-state index contributed by atoms with van der Waals surface area (Å²) in [5, 5.41) is 0. The van der Waals surface area contributed by atoms with Crippen LogP contribution in [0.5, 0.6) is 0 Å². The highest BCUT2D eigenvalue weighted by molar-refractivity contribution is 6.01. The Morgan fingerprint density at radius 2 is 1.82 bits per heavy atom. The van der Waals surface area contributed by atoms with Crippen molar-refractivity contribution in [1.82, 2.24) is 0 Å². The van der Waals surface area contributed by atoms with Crippen LogP contribution in [0.25, 0.3) is 0 Å². The van der Waals surface area contributed by atoms with E-state index >= 15 is 0 Å². The summed E-state index contributed by atoms with van der Waals surface area (Å²) in [4.78, 5) is 7.60. The van der Waals surface area contributed by atoms with Gasteiger partial charge in [-0.1, -0.05) is 18.2 Å². The molecule has 0 aliphatic heterocycles. The Balaban J connectivity index is 3.05. The summed E-state index contributed by atoms with van der Waals surface area (Å²) in [5.74, 6) is 0.289. The molecule has 0 heterocycles. The molecule has 0 fully saturated rings. The first-order valence-corrected chi connectivity index (χ1v) is 4.82. The summed E-state index contributed by atoms with van der Waals surface area (Å²) in [5.41, 5.74) is -0.207. The summed E-state index contributed by atoms with van der Waals surface area (Å²) in [6.45, 7) is 5.10. The molecule has 0 saturated heterocycles. The lowest BCUT2D eigenvalue weighted by atomic mass is 10.1. The lowest BCUT2D eigenvalue weighted by molar-refractivity contribution is -0.137. The van der Waals surface area contributed by atoms with Gasteiger partial charge < -0.3 is 0 Å². The van der Waals surface area contributed by atoms with Gasteiger partial charge in [-0.15, -0.1) is 0 Å². The molecule has 5 heteroatoms. The number of aliphatic imine (C=N–C) groups is 2. The van der Waals surface area contributed by atoms with E-state index in [1.165, 1.54) is 18.3 Å². The number of halogens is 3. The normalized spacial score (nSPS) is 13.1. The average molecular weight is 240 g/mol. The third-order valence-electron chi connectivity index (χ3n) is 1.97. The van der Waals surface area contributed by atoms with E-state index in [0.29, 0.717) is 5.56 Å². The number of benzene rings is 1. The van der Waals surface area contributed by atoms with Gasteiger partial charge in [-0.3, -0.25) is 0 Å². The molecule has 2 nitrogen and oxygen atoms in total. The second kappa shape index (κ2) is 5.43. The Hall–Kier alpha value is -1.91. The van der Waals surface area contributed by atoms with Crippen LogP contribution in [0, 0.1) is 0 Å². The molecule has 0 N–H and O–H groups in total. The number of amidine groups is 1. The van der Waals surface area contributed by atoms with Gasteiger partial charge in [-0.2, -0.15) is 13.2 Å². The Bertz CT molecular complexity index is 442. The van der Waals surface area contributed by atoms with Crippen molar-refractivity contribution < 1.29 is 13.2 Å². The van der Waals surface area contributed by atoms with Crippen molar-refractivity contribution in [3.05, 3.63) is 47.7 Å². The second-order valence-electron chi connectivity index (χ2n) is 3.17. The fourth-order valence-corrected chi connectivity index (χ4v) is 1.16. The van der Waals surface area contributed by atoms with Crippen molar-refractivity contribution in [3.63, 3.8) is 0 Å². The molecule has 17 heavy (non-hydrogen) atoms. The molecule has 0 atom stereocenters. The van der Waals surface area contributed by atoms with Crippen LogP contribution >= 0.6 is 0 Å². The average Bonchev–Trinajstić information content (AvgIpc) is 2.29. The van der Waals surface area contributed by atoms with E-state index in [-0.39, 0.29) is 5.84 Å². The Kier molecular flexibility index (Phi) is 4.20. The molecule has 0 radical (unpaired) electrons. The molecule has 90 valence electrons. The first kappa shape index (κ1) is 13.2. The first-order chi connectivity index (χ1) is 7.99. The summed E-state index contributed by atoms with van der Waals surface area (Å²) in [7, 11) is 0. The molecular weight excluding hydrogens is 229 g/mol. The molecule has 0 aliphatic rings. The summed E-state index contributed by atoms with van der Waals surface area (Å²) in [6.07, 6.45) is -1.14. The topological polar surface area (TPSA) is 24.7 Å². The van der Waals surface area contributed by atoms with Crippen molar-refractivity contribution >= 4 is 12.6 Å². The van der Waals surface area contributed by atoms with Crippen molar-refractivity contribution in [2.24, 2.45) is 9.98 Å². The lowest BCUT2D eigenvalue weighted by Gasteiger charge is -2.06. The maximum Gasteiger partial charge on any atom is 0.416 e. The van der Waals surface area contributed by atoms with Gasteiger partial charge in [-0.25, -0.2) is 9.98 Å². The van der Waals surface area contributed by atoms with Crippen LogP contribution in [0.2, 0.25) is 0 Å². The summed E-state index contributed by atoms with van der Waals surface area (Å²) in [6, 6.07) is 4.62. The van der Waals surface area contributed by atoms with E-state index in [2.05, 4.69) is 16.7 Å².